The molecule has 0 spiro atoms. The first-order valence-corrected chi connectivity index (χ1v) is 7.08. The van der Waals surface area contributed by atoms with E-state index in [0.717, 1.165) is 24.4 Å². The number of nitrogens with one attached hydrogen (secondary N) is 1. The summed E-state index contributed by atoms with van der Waals surface area (Å²) in [4.78, 5) is 1.62. The van der Waals surface area contributed by atoms with Crippen LogP contribution >= 0.6 is 0 Å². The van der Waals surface area contributed by atoms with E-state index in [2.05, 4.69) is 5.32 Å². The summed E-state index contributed by atoms with van der Waals surface area (Å²) in [6, 6.07) is 7.71. The number of ether oxygens (including phenoxy) is 1. The average molecular weight is 304 g/mol. The molecular formula is C15H23F3N2O. The molecule has 0 aliphatic carbocycles. The first-order valence-electron chi connectivity index (χ1n) is 7.08. The van der Waals surface area contributed by atoms with Crippen LogP contribution in [0, 0.1) is 0 Å². The molecule has 0 aliphatic rings. The van der Waals surface area contributed by atoms with Crippen LogP contribution < -0.4 is 10.1 Å². The topological polar surface area (TPSA) is 24.5 Å². The summed E-state index contributed by atoms with van der Waals surface area (Å²) in [6.07, 6.45) is -4.89. The standard InChI is InChI=1S/C15H23F3N2O/c1-3-19-12-13-5-4-6-14(11-13)21-10-9-20(2)8-7-15(16,17)18/h4-6,11,19H,3,7-10,12H2,1-2H3. The van der Waals surface area contributed by atoms with E-state index >= 15 is 0 Å². The molecule has 0 heterocycles. The summed E-state index contributed by atoms with van der Waals surface area (Å²) in [5, 5.41) is 3.23. The van der Waals surface area contributed by atoms with Crippen LogP contribution in [0.25, 0.3) is 0 Å². The molecule has 0 aliphatic heterocycles. The molecule has 0 saturated carbocycles. The predicted molar refractivity (Wildman–Crippen MR) is 77.5 cm³/mol. The molecule has 0 fully saturated rings. The second-order valence-electron chi connectivity index (χ2n) is 4.94. The van der Waals surface area contributed by atoms with Crippen LogP contribution in [0.5, 0.6) is 5.75 Å². The number of alkyl halides is 3. The Morgan fingerprint density at radius 3 is 2.67 bits per heavy atom. The summed E-state index contributed by atoms with van der Waals surface area (Å²) < 4.78 is 41.8. The Balaban J connectivity index is 2.28. The minimum absolute atomic E-state index is 0.00663. The van der Waals surface area contributed by atoms with Crippen LogP contribution in [0.15, 0.2) is 24.3 Å². The number of halogens is 3. The fraction of sp³-hybridized carbons (Fsp3) is 0.600. The second kappa shape index (κ2) is 8.89. The minimum Gasteiger partial charge on any atom is -0.492 e. The van der Waals surface area contributed by atoms with Gasteiger partial charge in [0.15, 0.2) is 0 Å². The van der Waals surface area contributed by atoms with Crippen LogP contribution in [0.3, 0.4) is 0 Å². The highest BCUT2D eigenvalue weighted by atomic mass is 19.4. The maximum absolute atomic E-state index is 12.1. The van der Waals surface area contributed by atoms with Gasteiger partial charge in [0.2, 0.25) is 0 Å². The van der Waals surface area contributed by atoms with Crippen molar-refractivity contribution in [1.29, 1.82) is 0 Å². The summed E-state index contributed by atoms with van der Waals surface area (Å²) in [5.74, 6) is 0.745. The summed E-state index contributed by atoms with van der Waals surface area (Å²) in [5.41, 5.74) is 1.12. The highest BCUT2D eigenvalue weighted by Crippen LogP contribution is 2.19. The summed E-state index contributed by atoms with van der Waals surface area (Å²) in [7, 11) is 1.66. The van der Waals surface area contributed by atoms with Gasteiger partial charge in [-0.05, 0) is 31.3 Å². The molecule has 0 saturated heterocycles. The van der Waals surface area contributed by atoms with Gasteiger partial charge in [-0.3, -0.25) is 0 Å². The number of nitrogens with zero attached hydrogens (tertiary/aromatic N) is 1. The lowest BCUT2D eigenvalue weighted by atomic mass is 10.2. The van der Waals surface area contributed by atoms with Crippen molar-refractivity contribution < 1.29 is 17.9 Å². The summed E-state index contributed by atoms with van der Waals surface area (Å²) in [6.45, 7) is 4.55. The molecule has 1 rings (SSSR count). The molecule has 1 aromatic rings. The second-order valence-corrected chi connectivity index (χ2v) is 4.94. The van der Waals surface area contributed by atoms with Gasteiger partial charge < -0.3 is 15.0 Å². The molecule has 0 bridgehead atoms. The van der Waals surface area contributed by atoms with E-state index in [1.807, 2.05) is 31.2 Å². The quantitative estimate of drug-likeness (QED) is 0.759. The first kappa shape index (κ1) is 17.8. The Kier molecular flexibility index (Phi) is 7.53. The van der Waals surface area contributed by atoms with Crippen LogP contribution in [-0.4, -0.2) is 44.4 Å². The normalized spacial score (nSPS) is 11.9. The van der Waals surface area contributed by atoms with Crippen molar-refractivity contribution in [2.75, 3.05) is 33.3 Å². The van der Waals surface area contributed by atoms with Gasteiger partial charge in [-0.2, -0.15) is 13.2 Å². The molecule has 0 atom stereocenters. The molecule has 0 amide bonds. The van der Waals surface area contributed by atoms with Gasteiger partial charge in [0, 0.05) is 19.6 Å². The van der Waals surface area contributed by atoms with E-state index in [1.54, 1.807) is 11.9 Å². The van der Waals surface area contributed by atoms with Crippen molar-refractivity contribution in [3.8, 4) is 5.75 Å². The fourth-order valence-corrected chi connectivity index (χ4v) is 1.76. The lowest BCUT2D eigenvalue weighted by molar-refractivity contribution is -0.137. The Hall–Kier alpha value is -1.27. The lowest BCUT2D eigenvalue weighted by Crippen LogP contribution is -2.28. The lowest BCUT2D eigenvalue weighted by Gasteiger charge is -2.18. The maximum atomic E-state index is 12.1. The van der Waals surface area contributed by atoms with Crippen LogP contribution in [0.1, 0.15) is 18.9 Å². The van der Waals surface area contributed by atoms with Crippen LogP contribution in [-0.2, 0) is 6.54 Å². The van der Waals surface area contributed by atoms with Gasteiger partial charge in [-0.1, -0.05) is 19.1 Å². The van der Waals surface area contributed by atoms with Gasteiger partial charge >= 0.3 is 6.18 Å². The van der Waals surface area contributed by atoms with E-state index < -0.39 is 12.6 Å². The third kappa shape index (κ3) is 8.57. The molecular weight excluding hydrogens is 281 g/mol. The maximum Gasteiger partial charge on any atom is 0.390 e. The Bertz CT molecular complexity index is 410. The zero-order chi connectivity index (χ0) is 15.7. The van der Waals surface area contributed by atoms with Gasteiger partial charge in [-0.25, -0.2) is 0 Å². The minimum atomic E-state index is -4.10. The van der Waals surface area contributed by atoms with Gasteiger partial charge in [0.25, 0.3) is 0 Å². The van der Waals surface area contributed by atoms with E-state index in [-0.39, 0.29) is 6.54 Å². The van der Waals surface area contributed by atoms with Crippen molar-refractivity contribution >= 4 is 0 Å². The number of hydrogen-bond donors (Lipinski definition) is 1. The first-order chi connectivity index (χ1) is 9.90. The molecule has 3 nitrogen and oxygen atoms in total. The van der Waals surface area contributed by atoms with E-state index in [9.17, 15) is 13.2 Å². The average Bonchev–Trinajstić information content (AvgIpc) is 2.43. The zero-order valence-electron chi connectivity index (χ0n) is 12.5. The molecule has 0 radical (unpaired) electrons. The Morgan fingerprint density at radius 2 is 2.00 bits per heavy atom. The molecule has 0 aromatic heterocycles. The van der Waals surface area contributed by atoms with Gasteiger partial charge in [0.1, 0.15) is 12.4 Å². The van der Waals surface area contributed by atoms with Crippen LogP contribution in [0.2, 0.25) is 0 Å². The number of benzene rings is 1. The zero-order valence-corrected chi connectivity index (χ0v) is 12.5. The smallest absolute Gasteiger partial charge is 0.390 e. The van der Waals surface area contributed by atoms with Gasteiger partial charge in [0.05, 0.1) is 6.42 Å². The summed E-state index contributed by atoms with van der Waals surface area (Å²) >= 11 is 0. The molecule has 6 heteroatoms. The number of likely N-dealkylation sites (N-methyl/N-ethyl adjacent to an activating group) is 1. The highest BCUT2D eigenvalue weighted by Gasteiger charge is 2.26. The molecule has 0 unspecified atom stereocenters. The fourth-order valence-electron chi connectivity index (χ4n) is 1.76. The van der Waals surface area contributed by atoms with Crippen molar-refractivity contribution in [2.24, 2.45) is 0 Å². The molecule has 120 valence electrons. The van der Waals surface area contributed by atoms with Crippen molar-refractivity contribution in [3.05, 3.63) is 29.8 Å². The van der Waals surface area contributed by atoms with Crippen LogP contribution in [0.4, 0.5) is 13.2 Å². The van der Waals surface area contributed by atoms with Gasteiger partial charge in [-0.15, -0.1) is 0 Å². The van der Waals surface area contributed by atoms with Crippen molar-refractivity contribution in [1.82, 2.24) is 10.2 Å². The molecule has 1 N–H and O–H groups in total. The monoisotopic (exact) mass is 304 g/mol. The van der Waals surface area contributed by atoms with E-state index in [4.69, 9.17) is 4.74 Å². The van der Waals surface area contributed by atoms with E-state index in [0.29, 0.717) is 13.2 Å². The third-order valence-electron chi connectivity index (χ3n) is 3.00. The third-order valence-corrected chi connectivity index (χ3v) is 3.00. The number of hydrogen-bond acceptors (Lipinski definition) is 3. The Morgan fingerprint density at radius 1 is 1.24 bits per heavy atom. The molecule has 1 aromatic carbocycles. The largest absolute Gasteiger partial charge is 0.492 e. The van der Waals surface area contributed by atoms with Crippen molar-refractivity contribution in [2.45, 2.75) is 26.1 Å². The Labute approximate surface area is 124 Å². The van der Waals surface area contributed by atoms with E-state index in [1.165, 1.54) is 0 Å². The highest BCUT2D eigenvalue weighted by molar-refractivity contribution is 5.28. The SMILES string of the molecule is CCNCc1cccc(OCCN(C)CCC(F)(F)F)c1. The number of rotatable bonds is 9. The predicted octanol–water partition coefficient (Wildman–Crippen LogP) is 3.06. The van der Waals surface area contributed by atoms with Crippen molar-refractivity contribution in [3.63, 3.8) is 0 Å². The molecule has 21 heavy (non-hydrogen) atoms.